The van der Waals surface area contributed by atoms with Gasteiger partial charge in [0.1, 0.15) is 0 Å². The van der Waals surface area contributed by atoms with Crippen molar-refractivity contribution in [3.05, 3.63) is 0 Å². The highest BCUT2D eigenvalue weighted by Gasteiger charge is 2.08. The fraction of sp³-hybridized carbons (Fsp3) is 1.00. The molecule has 1 rings (SSSR count). The van der Waals surface area contributed by atoms with E-state index in [1.165, 1.54) is 44.9 Å². The highest BCUT2D eigenvalue weighted by Crippen LogP contribution is 2.18. The van der Waals surface area contributed by atoms with Crippen molar-refractivity contribution in [1.29, 1.82) is 0 Å². The Kier molecular flexibility index (Phi) is 3.81. The zero-order valence-corrected chi connectivity index (χ0v) is 6.94. The minimum Gasteiger partial charge on any atom is -0.381 e. The van der Waals surface area contributed by atoms with Gasteiger partial charge in [-0.1, -0.05) is 32.1 Å². The smallest absolute Gasteiger partial charge is 0.0571 e. The topological polar surface area (TPSA) is 9.23 Å². The number of methoxy groups -OCH3 is 1. The Morgan fingerprint density at radius 2 is 1.40 bits per heavy atom. The van der Waals surface area contributed by atoms with Crippen molar-refractivity contribution >= 4 is 0 Å². The molecule has 0 aliphatic heterocycles. The highest BCUT2D eigenvalue weighted by atomic mass is 16.5. The van der Waals surface area contributed by atoms with Gasteiger partial charge < -0.3 is 4.74 Å². The van der Waals surface area contributed by atoms with E-state index in [9.17, 15) is 0 Å². The second-order valence-electron chi connectivity index (χ2n) is 3.20. The lowest BCUT2D eigenvalue weighted by molar-refractivity contribution is 0.0797. The number of hydrogen-bond donors (Lipinski definition) is 0. The van der Waals surface area contributed by atoms with Crippen molar-refractivity contribution in [2.24, 2.45) is 0 Å². The van der Waals surface area contributed by atoms with Gasteiger partial charge in [0, 0.05) is 7.11 Å². The highest BCUT2D eigenvalue weighted by molar-refractivity contribution is 4.61. The van der Waals surface area contributed by atoms with Gasteiger partial charge in [0.15, 0.2) is 0 Å². The SMILES string of the molecule is COC1CCCCCCC1. The Hall–Kier alpha value is -0.0400. The van der Waals surface area contributed by atoms with Crippen LogP contribution in [-0.2, 0) is 4.74 Å². The minimum atomic E-state index is 0.570. The first kappa shape index (κ1) is 8.06. The average Bonchev–Trinajstić information content (AvgIpc) is 1.87. The molecule has 0 radical (unpaired) electrons. The standard InChI is InChI=1S/C9H18O/c1-10-9-7-5-3-2-4-6-8-9/h9H,2-8H2,1H3. The summed E-state index contributed by atoms with van der Waals surface area (Å²) < 4.78 is 5.33. The molecule has 0 N–H and O–H groups in total. The molecule has 0 saturated heterocycles. The molecule has 0 unspecified atom stereocenters. The van der Waals surface area contributed by atoms with Gasteiger partial charge in [-0.05, 0) is 12.8 Å². The van der Waals surface area contributed by atoms with Gasteiger partial charge in [0.25, 0.3) is 0 Å². The molecule has 1 fully saturated rings. The van der Waals surface area contributed by atoms with Gasteiger partial charge >= 0.3 is 0 Å². The van der Waals surface area contributed by atoms with Gasteiger partial charge in [-0.15, -0.1) is 0 Å². The van der Waals surface area contributed by atoms with Crippen LogP contribution >= 0.6 is 0 Å². The summed E-state index contributed by atoms with van der Waals surface area (Å²) in [5.74, 6) is 0. The molecule has 0 atom stereocenters. The van der Waals surface area contributed by atoms with Crippen molar-refractivity contribution in [2.75, 3.05) is 7.11 Å². The molecule has 0 aromatic carbocycles. The van der Waals surface area contributed by atoms with Gasteiger partial charge in [0.05, 0.1) is 6.10 Å². The summed E-state index contributed by atoms with van der Waals surface area (Å²) in [6.07, 6.45) is 10.2. The van der Waals surface area contributed by atoms with Crippen LogP contribution in [0.15, 0.2) is 0 Å². The van der Waals surface area contributed by atoms with Gasteiger partial charge in [-0.25, -0.2) is 0 Å². The summed E-state index contributed by atoms with van der Waals surface area (Å²) in [6, 6.07) is 0. The fourth-order valence-corrected chi connectivity index (χ4v) is 1.65. The van der Waals surface area contributed by atoms with Crippen LogP contribution in [-0.4, -0.2) is 13.2 Å². The molecule has 0 heterocycles. The molecule has 1 nitrogen and oxygen atoms in total. The quantitative estimate of drug-likeness (QED) is 0.547. The predicted octanol–water partition coefficient (Wildman–Crippen LogP) is 2.75. The van der Waals surface area contributed by atoms with E-state index < -0.39 is 0 Å². The molecule has 0 spiro atoms. The number of hydrogen-bond acceptors (Lipinski definition) is 1. The maximum atomic E-state index is 5.33. The van der Waals surface area contributed by atoms with E-state index in [1.807, 2.05) is 7.11 Å². The summed E-state index contributed by atoms with van der Waals surface area (Å²) in [7, 11) is 1.84. The van der Waals surface area contributed by atoms with Gasteiger partial charge in [-0.2, -0.15) is 0 Å². The molecular weight excluding hydrogens is 124 g/mol. The van der Waals surface area contributed by atoms with Crippen molar-refractivity contribution < 1.29 is 4.74 Å². The third-order valence-corrected chi connectivity index (χ3v) is 2.39. The minimum absolute atomic E-state index is 0.570. The summed E-state index contributed by atoms with van der Waals surface area (Å²) >= 11 is 0. The first-order valence-corrected chi connectivity index (χ1v) is 4.46. The molecule has 0 aromatic rings. The Bertz CT molecular complexity index is 72.8. The van der Waals surface area contributed by atoms with Gasteiger partial charge in [-0.3, -0.25) is 0 Å². The van der Waals surface area contributed by atoms with Gasteiger partial charge in [0.2, 0.25) is 0 Å². The molecule has 1 aliphatic rings. The van der Waals surface area contributed by atoms with E-state index in [0.29, 0.717) is 6.10 Å². The van der Waals surface area contributed by atoms with Crippen LogP contribution in [0.5, 0.6) is 0 Å². The van der Waals surface area contributed by atoms with E-state index in [1.54, 1.807) is 0 Å². The Morgan fingerprint density at radius 1 is 0.900 bits per heavy atom. The number of ether oxygens (including phenoxy) is 1. The second-order valence-corrected chi connectivity index (χ2v) is 3.20. The summed E-state index contributed by atoms with van der Waals surface area (Å²) in [4.78, 5) is 0. The monoisotopic (exact) mass is 142 g/mol. The molecule has 1 aliphatic carbocycles. The van der Waals surface area contributed by atoms with Crippen molar-refractivity contribution in [2.45, 2.75) is 51.0 Å². The number of rotatable bonds is 1. The second kappa shape index (κ2) is 4.73. The molecule has 10 heavy (non-hydrogen) atoms. The lowest BCUT2D eigenvalue weighted by atomic mass is 9.99. The van der Waals surface area contributed by atoms with Crippen molar-refractivity contribution in [3.8, 4) is 0 Å². The van der Waals surface area contributed by atoms with E-state index in [0.717, 1.165) is 0 Å². The van der Waals surface area contributed by atoms with E-state index in [-0.39, 0.29) is 0 Å². The summed E-state index contributed by atoms with van der Waals surface area (Å²) in [5.41, 5.74) is 0. The van der Waals surface area contributed by atoms with Crippen LogP contribution in [0.4, 0.5) is 0 Å². The molecule has 0 bridgehead atoms. The predicted molar refractivity (Wildman–Crippen MR) is 43.1 cm³/mol. The molecular formula is C9H18O. The average molecular weight is 142 g/mol. The lowest BCUT2D eigenvalue weighted by Gasteiger charge is -2.17. The molecule has 1 heteroatoms. The normalized spacial score (nSPS) is 23.7. The van der Waals surface area contributed by atoms with Crippen molar-refractivity contribution in [3.63, 3.8) is 0 Å². The Balaban J connectivity index is 2.16. The Morgan fingerprint density at radius 3 is 1.90 bits per heavy atom. The van der Waals surface area contributed by atoms with Crippen LogP contribution in [0.25, 0.3) is 0 Å². The first-order valence-electron chi connectivity index (χ1n) is 4.46. The largest absolute Gasteiger partial charge is 0.381 e. The first-order chi connectivity index (χ1) is 4.93. The van der Waals surface area contributed by atoms with E-state index in [2.05, 4.69) is 0 Å². The van der Waals surface area contributed by atoms with E-state index in [4.69, 9.17) is 4.74 Å². The maximum Gasteiger partial charge on any atom is 0.0571 e. The summed E-state index contributed by atoms with van der Waals surface area (Å²) in [6.45, 7) is 0. The maximum absolute atomic E-state index is 5.33. The molecule has 0 amide bonds. The fourth-order valence-electron chi connectivity index (χ4n) is 1.65. The zero-order chi connectivity index (χ0) is 7.23. The molecule has 1 saturated carbocycles. The van der Waals surface area contributed by atoms with E-state index >= 15 is 0 Å². The molecule has 60 valence electrons. The van der Waals surface area contributed by atoms with Crippen LogP contribution in [0.3, 0.4) is 0 Å². The molecule has 0 aromatic heterocycles. The third kappa shape index (κ3) is 2.70. The van der Waals surface area contributed by atoms with Crippen LogP contribution < -0.4 is 0 Å². The van der Waals surface area contributed by atoms with Crippen LogP contribution in [0.2, 0.25) is 0 Å². The summed E-state index contributed by atoms with van der Waals surface area (Å²) in [5, 5.41) is 0. The lowest BCUT2D eigenvalue weighted by Crippen LogP contribution is -2.11. The Labute approximate surface area is 63.8 Å². The third-order valence-electron chi connectivity index (χ3n) is 2.39. The van der Waals surface area contributed by atoms with Crippen LogP contribution in [0, 0.1) is 0 Å². The van der Waals surface area contributed by atoms with Crippen LogP contribution in [0.1, 0.15) is 44.9 Å². The van der Waals surface area contributed by atoms with Crippen molar-refractivity contribution in [1.82, 2.24) is 0 Å². The zero-order valence-electron chi connectivity index (χ0n) is 6.94.